The van der Waals surface area contributed by atoms with Crippen molar-refractivity contribution in [3.05, 3.63) is 245 Å². The molecule has 6 heterocycles. The molecule has 0 amide bonds. The largest absolute Gasteiger partial charge is 2.00 e. The van der Waals surface area contributed by atoms with Gasteiger partial charge in [0.05, 0.1) is 45.6 Å². The minimum atomic E-state index is -0.184. The zero-order chi connectivity index (χ0) is 64.0. The molecule has 0 aliphatic carbocycles. The van der Waals surface area contributed by atoms with Gasteiger partial charge in [-0.15, -0.1) is 11.4 Å². The number of nitrogens with zero attached hydrogens (tertiary/aromatic N) is 6. The van der Waals surface area contributed by atoms with Crippen molar-refractivity contribution in [1.82, 2.24) is 0 Å². The molecule has 0 saturated heterocycles. The van der Waals surface area contributed by atoms with E-state index in [1.165, 1.54) is 44.5 Å². The summed E-state index contributed by atoms with van der Waals surface area (Å²) < 4.78 is 0. The average molecular weight is 1220 g/mol. The molecule has 0 aromatic heterocycles. The fourth-order valence-electron chi connectivity index (χ4n) is 12.0. The van der Waals surface area contributed by atoms with Gasteiger partial charge >= 0.3 is 16.5 Å². The van der Waals surface area contributed by atoms with Crippen molar-refractivity contribution in [3.63, 3.8) is 0 Å². The zero-order valence-corrected chi connectivity index (χ0v) is 58.7. The Morgan fingerprint density at radius 1 is 0.270 bits per heavy atom. The van der Waals surface area contributed by atoms with Crippen molar-refractivity contribution < 1.29 is 16.5 Å². The van der Waals surface area contributed by atoms with Crippen molar-refractivity contribution in [3.8, 4) is 0 Å². The van der Waals surface area contributed by atoms with Gasteiger partial charge in [-0.05, 0) is 147 Å². The maximum atomic E-state index is 6.11. The zero-order valence-electron chi connectivity index (χ0n) is 57.7. The van der Waals surface area contributed by atoms with Crippen LogP contribution in [0.15, 0.2) is 188 Å². The van der Waals surface area contributed by atoms with Crippen molar-refractivity contribution in [2.75, 3.05) is 0 Å². The van der Waals surface area contributed by atoms with Crippen molar-refractivity contribution in [1.29, 1.82) is 0 Å². The average Bonchev–Trinajstić information content (AvgIpc) is 1.65. The number of aliphatic imine (C=N–C) groups is 4. The number of fused-ring (bicyclic) bond motifs is 7. The molecule has 0 N–H and O–H groups in total. The number of benzene rings is 5. The summed E-state index contributed by atoms with van der Waals surface area (Å²) in [6, 6.07) is 36.9. The molecule has 0 spiro atoms. The van der Waals surface area contributed by atoms with Gasteiger partial charge in [0, 0.05) is 22.3 Å². The maximum absolute atomic E-state index is 6.11. The SMILES string of the molecule is CC(C)(C)c1cc(C2=C3C=CC(=N3)C(c3cc(C(C)(C)C)cc(C(C)(C)C)c3)=C3C=CC(=N3)C(c3cc(C(C)(C)C)cc(C(C)(C)C)c3)=C3N=C(C4=C3[N-]c3ccccc3[N-]4)C(c3cc(C(C)(C)C)cc(C(C)(C)C)c3)=C3C=CC2=N3)cc(C(C)(C)C)c1.[Ni+2]. The second kappa shape index (κ2) is 22.0. The fraction of sp³-hybridized carbons (Fsp3) is 0.390. The van der Waals surface area contributed by atoms with E-state index in [0.717, 1.165) is 102 Å². The molecular formula is C82H94N6Ni. The Morgan fingerprint density at radius 3 is 0.809 bits per heavy atom. The minimum Gasteiger partial charge on any atom is -0.658 e. The Bertz CT molecular complexity index is 4080. The summed E-state index contributed by atoms with van der Waals surface area (Å²) in [4.78, 5) is 23.9. The summed E-state index contributed by atoms with van der Waals surface area (Å²) in [6.07, 6.45) is 13.3. The van der Waals surface area contributed by atoms with Gasteiger partial charge in [-0.1, -0.05) is 263 Å². The van der Waals surface area contributed by atoms with E-state index in [4.69, 9.17) is 30.6 Å². The number of hydrogen-bond acceptors (Lipinski definition) is 4. The Labute approximate surface area is 544 Å². The summed E-state index contributed by atoms with van der Waals surface area (Å²) in [7, 11) is 0. The third kappa shape index (κ3) is 12.7. The van der Waals surface area contributed by atoms with Gasteiger partial charge in [0.25, 0.3) is 0 Å². The molecule has 89 heavy (non-hydrogen) atoms. The molecule has 6 nitrogen and oxygen atoms in total. The molecular weight excluding hydrogens is 1130 g/mol. The van der Waals surface area contributed by atoms with Gasteiger partial charge in [0.15, 0.2) is 0 Å². The van der Waals surface area contributed by atoms with E-state index in [1.807, 2.05) is 12.1 Å². The van der Waals surface area contributed by atoms with E-state index >= 15 is 0 Å². The first-order chi connectivity index (χ1) is 40.6. The molecule has 0 radical (unpaired) electrons. The van der Waals surface area contributed by atoms with Crippen LogP contribution < -0.4 is 0 Å². The van der Waals surface area contributed by atoms with Crippen LogP contribution in [0.5, 0.6) is 0 Å². The Balaban J connectivity index is 0.00000873. The van der Waals surface area contributed by atoms with Crippen molar-refractivity contribution in [2.24, 2.45) is 20.0 Å². The van der Waals surface area contributed by atoms with E-state index < -0.39 is 0 Å². The molecule has 5 aromatic carbocycles. The van der Waals surface area contributed by atoms with Crippen LogP contribution in [-0.4, -0.2) is 22.8 Å². The fourth-order valence-corrected chi connectivity index (χ4v) is 12.0. The predicted octanol–water partition coefficient (Wildman–Crippen LogP) is 22.4. The number of rotatable bonds is 4. The van der Waals surface area contributed by atoms with Crippen LogP contribution in [0.3, 0.4) is 0 Å². The molecule has 462 valence electrons. The van der Waals surface area contributed by atoms with Crippen LogP contribution in [0.2, 0.25) is 0 Å². The number of hydrogen-bond donors (Lipinski definition) is 0. The second-order valence-corrected chi connectivity index (χ2v) is 33.6. The molecule has 11 rings (SSSR count). The smallest absolute Gasteiger partial charge is 0.658 e. The van der Waals surface area contributed by atoms with Gasteiger partial charge in [-0.25, -0.2) is 15.0 Å². The van der Waals surface area contributed by atoms with Crippen LogP contribution in [-0.2, 0) is 59.8 Å². The molecule has 8 bridgehead atoms. The van der Waals surface area contributed by atoms with Gasteiger partial charge in [-0.3, -0.25) is 4.99 Å². The summed E-state index contributed by atoms with van der Waals surface area (Å²) >= 11 is 0. The second-order valence-electron chi connectivity index (χ2n) is 33.6. The van der Waals surface area contributed by atoms with Gasteiger partial charge in [0.2, 0.25) is 0 Å². The standard InChI is InChI=1S/C82H94N6.Ni/c1-75(2,3)51-35-47(36-52(43-51)76(4,5)6)67-61-29-30-62(83-61)68(48-37-53(77(7,8)9)44-54(38-48)78(10,11)12)64-32-34-66(85-64)70(50-41-57(81(19,20)21)46-58(42-50)82(22,23)24)72-74-73(86-59-27-25-26-28-60(59)87-74)71(88-72)69(65-33-31-63(67)84-65)49-39-55(79(13,14)15)45-56(40-49)80(16,17)18;/h25-46H,1-24H3;/q-2;+2. The van der Waals surface area contributed by atoms with Crippen LogP contribution >= 0.6 is 0 Å². The van der Waals surface area contributed by atoms with E-state index in [0.29, 0.717) is 11.4 Å². The molecule has 6 aliphatic heterocycles. The van der Waals surface area contributed by atoms with Gasteiger partial charge in [0.1, 0.15) is 0 Å². The van der Waals surface area contributed by atoms with Crippen LogP contribution in [0, 0.1) is 0 Å². The molecule has 0 atom stereocenters. The Hall–Kier alpha value is -7.21. The van der Waals surface area contributed by atoms with Crippen LogP contribution in [0.25, 0.3) is 32.9 Å². The first-order valence-electron chi connectivity index (χ1n) is 31.9. The summed E-state index contributed by atoms with van der Waals surface area (Å²) in [6.45, 7) is 55.4. The van der Waals surface area contributed by atoms with Crippen LogP contribution in [0.4, 0.5) is 11.4 Å². The van der Waals surface area contributed by atoms with Crippen molar-refractivity contribution >= 4 is 56.5 Å². The quantitative estimate of drug-likeness (QED) is 0.161. The Kier molecular flexibility index (Phi) is 16.0. The summed E-state index contributed by atoms with van der Waals surface area (Å²) in [5.74, 6) is 0. The first-order valence-corrected chi connectivity index (χ1v) is 31.9. The van der Waals surface area contributed by atoms with E-state index in [9.17, 15) is 0 Å². The van der Waals surface area contributed by atoms with Gasteiger partial charge in [-0.2, -0.15) is 11.4 Å². The minimum absolute atomic E-state index is 0. The third-order valence-electron chi connectivity index (χ3n) is 18.0. The molecule has 7 heteroatoms. The predicted molar refractivity (Wildman–Crippen MR) is 380 cm³/mol. The summed E-state index contributed by atoms with van der Waals surface area (Å²) in [5.41, 5.74) is 25.9. The molecule has 6 aliphatic rings. The van der Waals surface area contributed by atoms with Crippen LogP contribution in [0.1, 0.15) is 233 Å². The Morgan fingerprint density at radius 2 is 0.517 bits per heavy atom. The van der Waals surface area contributed by atoms with E-state index in [2.05, 4.69) is 288 Å². The third-order valence-corrected chi connectivity index (χ3v) is 18.0. The normalized spacial score (nSPS) is 17.2. The summed E-state index contributed by atoms with van der Waals surface area (Å²) in [5, 5.41) is 11.4. The van der Waals surface area contributed by atoms with Gasteiger partial charge < -0.3 is 10.6 Å². The number of para-hydroxylation sites is 2. The van der Waals surface area contributed by atoms with E-state index in [-0.39, 0.29) is 59.8 Å². The first kappa shape index (κ1) is 64.8. The topological polar surface area (TPSA) is 77.6 Å². The van der Waals surface area contributed by atoms with Crippen molar-refractivity contribution in [2.45, 2.75) is 209 Å². The molecule has 0 saturated carbocycles. The van der Waals surface area contributed by atoms with E-state index in [1.54, 1.807) is 0 Å². The molecule has 5 aromatic rings. The molecule has 0 fully saturated rings. The monoisotopic (exact) mass is 1220 g/mol. The number of allylic oxidation sites excluding steroid dienone is 10. The molecule has 0 unspecified atom stereocenters. The maximum Gasteiger partial charge on any atom is 2.00 e.